The Labute approximate surface area is 187 Å². The summed E-state index contributed by atoms with van der Waals surface area (Å²) in [6, 6.07) is 2.74. The molecule has 3 aromatic heterocycles. The second-order valence-electron chi connectivity index (χ2n) is 7.47. The fourth-order valence-corrected chi connectivity index (χ4v) is 3.61. The van der Waals surface area contributed by atoms with Crippen molar-refractivity contribution in [2.45, 2.75) is 19.1 Å². The Morgan fingerprint density at radius 2 is 1.76 bits per heavy atom. The predicted molar refractivity (Wildman–Crippen MR) is 109 cm³/mol. The van der Waals surface area contributed by atoms with Crippen LogP contribution in [0.3, 0.4) is 0 Å². The number of hydrogen-bond donors (Lipinski definition) is 1. The highest BCUT2D eigenvalue weighted by Gasteiger charge is 2.35. The van der Waals surface area contributed by atoms with Crippen molar-refractivity contribution in [2.75, 3.05) is 5.73 Å². The Kier molecular flexibility index (Phi) is 4.84. The van der Waals surface area contributed by atoms with Gasteiger partial charge in [0.25, 0.3) is 5.69 Å². The van der Waals surface area contributed by atoms with Gasteiger partial charge in [0.15, 0.2) is 11.5 Å². The lowest BCUT2D eigenvalue weighted by Gasteiger charge is -2.16. The maximum absolute atomic E-state index is 14.0. The average Bonchev–Trinajstić information content (AvgIpc) is 3.14. The van der Waals surface area contributed by atoms with Gasteiger partial charge in [-0.2, -0.15) is 17.6 Å². The zero-order chi connectivity index (χ0) is 24.2. The molecule has 2 N–H and O–H groups in total. The number of alkyl halides is 3. The van der Waals surface area contributed by atoms with Crippen molar-refractivity contribution in [3.63, 3.8) is 0 Å². The number of nitrogen functional groups attached to an aromatic ring is 1. The van der Waals surface area contributed by atoms with Crippen molar-refractivity contribution in [3.05, 3.63) is 72.5 Å². The first-order chi connectivity index (χ1) is 16.1. The number of halogens is 5. The first-order valence-electron chi connectivity index (χ1n) is 9.81. The Balaban J connectivity index is 1.52. The second-order valence-corrected chi connectivity index (χ2v) is 7.47. The number of nitrogens with two attached hydrogens (primary N) is 1. The lowest BCUT2D eigenvalue weighted by molar-refractivity contribution is -0.464. The standard InChI is InChI=1S/C21H14F5N8/c1-10(15-8-34(32-15)16-3-2-12(22)4-14(16)23)33-7-13(17-18(27)30-9-31-19(17)33)11-5-28-20(29-6-11)21(24,25)26/h2-10H,1H3,(H2,27,30,31)/q+1. The van der Waals surface area contributed by atoms with E-state index in [0.29, 0.717) is 27.9 Å². The fourth-order valence-electron chi connectivity index (χ4n) is 3.61. The van der Waals surface area contributed by atoms with E-state index in [1.807, 2.05) is 0 Å². The Bertz CT molecular complexity index is 1490. The van der Waals surface area contributed by atoms with Crippen LogP contribution in [0.4, 0.5) is 33.5 Å². The van der Waals surface area contributed by atoms with Gasteiger partial charge in [0.2, 0.25) is 12.0 Å². The van der Waals surface area contributed by atoms with E-state index in [9.17, 15) is 22.0 Å². The fraction of sp³-hybridized carbons (Fsp3) is 0.143. The number of allylic oxidation sites excluding steroid dienone is 1. The smallest absolute Gasteiger partial charge is 0.383 e. The number of fused-ring (bicyclic) bond motifs is 1. The molecule has 13 heteroatoms. The predicted octanol–water partition coefficient (Wildman–Crippen LogP) is 4.98. The molecule has 0 fully saturated rings. The van der Waals surface area contributed by atoms with Crippen LogP contribution in [0.25, 0.3) is 22.2 Å². The molecular weight excluding hydrogens is 459 g/mol. The van der Waals surface area contributed by atoms with Gasteiger partial charge in [-0.1, -0.05) is 0 Å². The number of rotatable bonds is 4. The molecule has 0 bridgehead atoms. The first kappa shape index (κ1) is 21.6. The Hall–Kier alpha value is -4.29. The van der Waals surface area contributed by atoms with Crippen LogP contribution in [0.2, 0.25) is 0 Å². The van der Waals surface area contributed by atoms with Crippen molar-refractivity contribution in [3.8, 4) is 11.1 Å². The highest BCUT2D eigenvalue weighted by molar-refractivity contribution is 6.00. The van der Waals surface area contributed by atoms with Crippen LogP contribution in [0, 0.1) is 11.6 Å². The van der Waals surface area contributed by atoms with Gasteiger partial charge in [-0.15, -0.1) is 0 Å². The van der Waals surface area contributed by atoms with Crippen LogP contribution >= 0.6 is 0 Å². The van der Waals surface area contributed by atoms with Crippen LogP contribution in [0.15, 0.2) is 60.1 Å². The molecule has 1 unspecified atom stereocenters. The van der Waals surface area contributed by atoms with E-state index < -0.39 is 29.7 Å². The molecule has 34 heavy (non-hydrogen) atoms. The van der Waals surface area contributed by atoms with Crippen molar-refractivity contribution >= 4 is 22.5 Å². The maximum Gasteiger partial charge on any atom is 0.451 e. The van der Waals surface area contributed by atoms with E-state index in [1.54, 1.807) is 23.9 Å². The topological polar surface area (TPSA) is 97.9 Å². The number of anilines is 1. The number of nitrogens with zero attached hydrogens (tertiary/aromatic N) is 7. The van der Waals surface area contributed by atoms with Crippen molar-refractivity contribution in [1.82, 2.24) is 24.5 Å². The molecule has 172 valence electrons. The largest absolute Gasteiger partial charge is 0.451 e. The summed E-state index contributed by atoms with van der Waals surface area (Å²) < 4.78 is 68.7. The van der Waals surface area contributed by atoms with E-state index in [2.05, 4.69) is 25.1 Å². The van der Waals surface area contributed by atoms with Crippen LogP contribution in [-0.4, -0.2) is 29.2 Å². The van der Waals surface area contributed by atoms with Crippen LogP contribution in [0.1, 0.15) is 18.8 Å². The molecule has 1 aromatic carbocycles. The molecule has 5 rings (SSSR count). The third-order valence-electron chi connectivity index (χ3n) is 5.33. The number of azo groups is 2. The molecular formula is C21H14F5N8+. The minimum atomic E-state index is -4.67. The van der Waals surface area contributed by atoms with Gasteiger partial charge in [0, 0.05) is 47.0 Å². The quantitative estimate of drug-likeness (QED) is 0.333. The molecule has 0 amide bonds. The molecule has 1 aliphatic heterocycles. The molecule has 4 heterocycles. The van der Waals surface area contributed by atoms with Gasteiger partial charge in [-0.25, -0.2) is 24.3 Å². The van der Waals surface area contributed by atoms with Crippen LogP contribution in [-0.2, 0) is 6.18 Å². The van der Waals surface area contributed by atoms with Crippen LogP contribution in [0.5, 0.6) is 0 Å². The van der Waals surface area contributed by atoms with Crippen molar-refractivity contribution in [1.29, 1.82) is 0 Å². The number of aromatic nitrogens is 5. The van der Waals surface area contributed by atoms with E-state index >= 15 is 0 Å². The summed E-state index contributed by atoms with van der Waals surface area (Å²) >= 11 is 0. The van der Waals surface area contributed by atoms with Crippen LogP contribution < -0.4 is 5.73 Å². The van der Waals surface area contributed by atoms with Gasteiger partial charge < -0.3 is 10.3 Å². The Morgan fingerprint density at radius 1 is 1.06 bits per heavy atom. The van der Waals surface area contributed by atoms with Gasteiger partial charge in [-0.3, -0.25) is 0 Å². The highest BCUT2D eigenvalue weighted by atomic mass is 19.4. The highest BCUT2D eigenvalue weighted by Crippen LogP contribution is 2.38. The third kappa shape index (κ3) is 3.54. The van der Waals surface area contributed by atoms with E-state index in [0.717, 1.165) is 24.5 Å². The average molecular weight is 473 g/mol. The molecule has 4 aromatic rings. The molecule has 0 radical (unpaired) electrons. The summed E-state index contributed by atoms with van der Waals surface area (Å²) in [5, 5.41) is 4.71. The van der Waals surface area contributed by atoms with Crippen molar-refractivity contribution < 1.29 is 26.6 Å². The SMILES string of the molecule is CC(C1=C[N+](c2ccc(F)cc2F)=N1)n1cc(-c2cnc(C(F)(F)F)nc2)c2c(N)ncnc21. The van der Waals surface area contributed by atoms with Gasteiger partial charge in [0.1, 0.15) is 23.6 Å². The van der Waals surface area contributed by atoms with Gasteiger partial charge >= 0.3 is 6.18 Å². The zero-order valence-electron chi connectivity index (χ0n) is 17.3. The van der Waals surface area contributed by atoms with Gasteiger partial charge in [0.05, 0.1) is 11.4 Å². The van der Waals surface area contributed by atoms with Crippen molar-refractivity contribution in [2.24, 2.45) is 5.11 Å². The molecule has 0 saturated carbocycles. The second kappa shape index (κ2) is 7.64. The molecule has 8 nitrogen and oxygen atoms in total. The first-order valence-corrected chi connectivity index (χ1v) is 9.81. The monoisotopic (exact) mass is 473 g/mol. The molecule has 0 spiro atoms. The molecule has 0 aliphatic carbocycles. The zero-order valence-corrected chi connectivity index (χ0v) is 17.3. The van der Waals surface area contributed by atoms with E-state index in [-0.39, 0.29) is 11.5 Å². The third-order valence-corrected chi connectivity index (χ3v) is 5.33. The molecule has 0 saturated heterocycles. The minimum absolute atomic E-state index is 0.0869. The summed E-state index contributed by atoms with van der Waals surface area (Å²) in [4.78, 5) is 15.1. The lowest BCUT2D eigenvalue weighted by atomic mass is 10.1. The summed E-state index contributed by atoms with van der Waals surface area (Å²) in [5.74, 6) is -2.59. The summed E-state index contributed by atoms with van der Waals surface area (Å²) in [6.07, 6.45) is 1.93. The molecule has 1 atom stereocenters. The summed E-state index contributed by atoms with van der Waals surface area (Å²) in [6.45, 7) is 1.80. The van der Waals surface area contributed by atoms with Gasteiger partial charge in [-0.05, 0) is 17.7 Å². The number of benzene rings is 1. The minimum Gasteiger partial charge on any atom is -0.383 e. The summed E-state index contributed by atoms with van der Waals surface area (Å²) in [7, 11) is 0. The van der Waals surface area contributed by atoms with E-state index in [1.165, 1.54) is 17.1 Å². The Morgan fingerprint density at radius 3 is 2.41 bits per heavy atom. The molecule has 1 aliphatic rings. The lowest BCUT2D eigenvalue weighted by Crippen LogP contribution is -2.15. The maximum atomic E-state index is 14.0. The normalized spacial score (nSPS) is 14.5. The van der Waals surface area contributed by atoms with E-state index in [4.69, 9.17) is 5.73 Å². The number of hydrogen-bond acceptors (Lipinski definition) is 6. The summed E-state index contributed by atoms with van der Waals surface area (Å²) in [5.41, 5.74) is 7.83.